The summed E-state index contributed by atoms with van der Waals surface area (Å²) in [5.41, 5.74) is -0.405. The fourth-order valence-electron chi connectivity index (χ4n) is 0.821. The highest BCUT2D eigenvalue weighted by Gasteiger charge is 2.26. The number of para-hydroxylation sites is 1. The van der Waals surface area contributed by atoms with Crippen molar-refractivity contribution in [2.75, 3.05) is 0 Å². The van der Waals surface area contributed by atoms with Crippen molar-refractivity contribution in [2.24, 2.45) is 0 Å². The van der Waals surface area contributed by atoms with Gasteiger partial charge in [-0.3, -0.25) is 0 Å². The second-order valence-electron chi connectivity index (χ2n) is 2.18. The molecule has 13 heavy (non-hydrogen) atoms. The van der Waals surface area contributed by atoms with Crippen molar-refractivity contribution in [1.82, 2.24) is 0 Å². The maximum Gasteiger partial charge on any atom is 0.336 e. The van der Waals surface area contributed by atoms with Gasteiger partial charge in [0.1, 0.15) is 0 Å². The van der Waals surface area contributed by atoms with Gasteiger partial charge in [0.25, 0.3) is 14.0 Å². The van der Waals surface area contributed by atoms with Crippen LogP contribution in [0.3, 0.4) is 0 Å². The van der Waals surface area contributed by atoms with Crippen molar-refractivity contribution < 1.29 is 18.5 Å². The van der Waals surface area contributed by atoms with E-state index in [1.165, 1.54) is 12.1 Å². The van der Waals surface area contributed by atoms with Crippen LogP contribution in [0.25, 0.3) is 0 Å². The van der Waals surface area contributed by atoms with E-state index in [0.29, 0.717) is 0 Å². The molecule has 5 nitrogen and oxygen atoms in total. The van der Waals surface area contributed by atoms with Gasteiger partial charge < -0.3 is 0 Å². The molecule has 0 bridgehead atoms. The zero-order valence-corrected chi connectivity index (χ0v) is 7.79. The molecule has 0 fully saturated rings. The summed E-state index contributed by atoms with van der Waals surface area (Å²) in [7, 11) is 0.995. The molecule has 0 saturated heterocycles. The molecule has 0 aromatic heterocycles. The molecule has 0 saturated carbocycles. The maximum absolute atomic E-state index is 10.8. The molecule has 0 amide bonds. The summed E-state index contributed by atoms with van der Waals surface area (Å²) in [6.45, 7) is 0. The van der Waals surface area contributed by atoms with Gasteiger partial charge in [-0.2, -0.15) is 0 Å². The molecule has 0 heterocycles. The summed E-state index contributed by atoms with van der Waals surface area (Å²) in [5.74, 6) is 0. The van der Waals surface area contributed by atoms with Gasteiger partial charge in [0.2, 0.25) is 0 Å². The molecule has 1 aromatic carbocycles. The maximum atomic E-state index is 10.8. The van der Waals surface area contributed by atoms with Crippen molar-refractivity contribution in [3.05, 3.63) is 29.2 Å². The summed E-state index contributed by atoms with van der Waals surface area (Å²) in [5, 5.41) is 8.52. The molecular weight excluding hydrogens is 218 g/mol. The van der Waals surface area contributed by atoms with Crippen molar-refractivity contribution >= 4 is 25.4 Å². The third-order valence-corrected chi connectivity index (χ3v) is 2.70. The fourth-order valence-corrected chi connectivity index (χ4v) is 1.85. The molecule has 0 aliphatic heterocycles. The summed E-state index contributed by atoms with van der Waals surface area (Å²) in [6.07, 6.45) is 0. The Hall–Kier alpha value is -1.14. The first-order valence-electron chi connectivity index (χ1n) is 3.13. The summed E-state index contributed by atoms with van der Waals surface area (Å²) in [6, 6.07) is 5.06. The lowest BCUT2D eigenvalue weighted by atomic mass is 10.3. The van der Waals surface area contributed by atoms with E-state index in [1.54, 1.807) is 0 Å². The molecule has 1 rings (SSSR count). The predicted molar refractivity (Wildman–Crippen MR) is 44.6 cm³/mol. The quantitative estimate of drug-likeness (QED) is 0.607. The van der Waals surface area contributed by atoms with Crippen molar-refractivity contribution in [3.63, 3.8) is 0 Å². The van der Waals surface area contributed by atoms with E-state index >= 15 is 0 Å². The Labute approximate surface area is 78.5 Å². The van der Waals surface area contributed by atoms with Gasteiger partial charge in [0, 0.05) is 16.7 Å². The molecule has 0 aliphatic rings. The van der Waals surface area contributed by atoms with Gasteiger partial charge in [-0.1, -0.05) is 12.1 Å². The lowest BCUT2D eigenvalue weighted by Crippen LogP contribution is -1.99. The predicted octanol–water partition coefficient (Wildman–Crippen LogP) is 1.41. The van der Waals surface area contributed by atoms with Crippen LogP contribution in [0, 0.1) is 4.91 Å². The van der Waals surface area contributed by atoms with Crippen LogP contribution < -0.4 is 0 Å². The van der Waals surface area contributed by atoms with Gasteiger partial charge in [-0.25, -0.2) is 13.6 Å². The Morgan fingerprint density at radius 1 is 1.31 bits per heavy atom. The topological polar surface area (TPSA) is 74.5 Å². The minimum absolute atomic E-state index is 0.405. The van der Waals surface area contributed by atoms with E-state index in [2.05, 4.69) is 0 Å². The first-order valence-corrected chi connectivity index (χ1v) is 5.43. The molecule has 70 valence electrons. The first-order chi connectivity index (χ1) is 5.93. The Bertz CT molecular complexity index is 442. The molecule has 7 heteroatoms. The number of benzene rings is 1. The number of hydrogen-bond acceptors (Lipinski definition) is 3. The van der Waals surface area contributed by atoms with Gasteiger partial charge >= 0.3 is 5.69 Å². The van der Waals surface area contributed by atoms with E-state index < -0.39 is 24.6 Å². The number of halogens is 1. The Balaban J connectivity index is 3.46. The van der Waals surface area contributed by atoms with Crippen LogP contribution in [0.2, 0.25) is 0 Å². The molecule has 0 radical (unpaired) electrons. The summed E-state index contributed by atoms with van der Waals surface area (Å²) < 4.78 is 21.7. The van der Waals surface area contributed by atoms with E-state index in [4.69, 9.17) is 15.9 Å². The molecule has 0 unspecified atom stereocenters. The highest BCUT2D eigenvalue weighted by Crippen LogP contribution is 2.25. The molecule has 1 N–H and O–H groups in total. The largest absolute Gasteiger partial charge is 0.336 e. The van der Waals surface area contributed by atoms with Crippen LogP contribution in [0.1, 0.15) is 0 Å². The summed E-state index contributed by atoms with van der Waals surface area (Å²) in [4.78, 5) is 9.49. The highest BCUT2D eigenvalue weighted by molar-refractivity contribution is 8.13. The molecule has 0 spiro atoms. The van der Waals surface area contributed by atoms with E-state index in [-0.39, 0.29) is 0 Å². The van der Waals surface area contributed by atoms with Gasteiger partial charge in [0.05, 0.1) is 4.91 Å². The average molecular weight is 223 g/mol. The Kier molecular flexibility index (Phi) is 2.53. The minimum atomic E-state index is -4.01. The first kappa shape index (κ1) is 9.94. The van der Waals surface area contributed by atoms with E-state index in [0.717, 1.165) is 12.1 Å². The standard InChI is InChI=1S/C6H5ClNO4S/c7-13(11,12)6-4-2-1-3-5(6)8(9)10/h1-4H,(H,9,10)/q+1. The monoisotopic (exact) mass is 222 g/mol. The van der Waals surface area contributed by atoms with E-state index in [1.807, 2.05) is 0 Å². The third kappa shape index (κ3) is 2.16. The van der Waals surface area contributed by atoms with Crippen LogP contribution in [-0.2, 0) is 9.05 Å². The second-order valence-corrected chi connectivity index (χ2v) is 4.71. The molecule has 0 aliphatic carbocycles. The van der Waals surface area contributed by atoms with Gasteiger partial charge in [-0.15, -0.1) is 0 Å². The fraction of sp³-hybridized carbons (Fsp3) is 0. The van der Waals surface area contributed by atoms with Crippen LogP contribution in [0.15, 0.2) is 29.2 Å². The van der Waals surface area contributed by atoms with Gasteiger partial charge in [0.15, 0.2) is 4.90 Å². The average Bonchev–Trinajstić information content (AvgIpc) is 2.03. The molecule has 1 aromatic rings. The lowest BCUT2D eigenvalue weighted by Gasteiger charge is -1.93. The normalized spacial score (nSPS) is 11.2. The van der Waals surface area contributed by atoms with Crippen molar-refractivity contribution in [2.45, 2.75) is 4.90 Å². The van der Waals surface area contributed by atoms with Crippen LogP contribution in [0.5, 0.6) is 0 Å². The Morgan fingerprint density at radius 3 is 2.23 bits per heavy atom. The Morgan fingerprint density at radius 2 is 1.85 bits per heavy atom. The number of nitrogens with zero attached hydrogens (tertiary/aromatic N) is 1. The van der Waals surface area contributed by atoms with Crippen LogP contribution >= 0.6 is 10.7 Å². The second kappa shape index (κ2) is 3.31. The number of rotatable bonds is 2. The van der Waals surface area contributed by atoms with Gasteiger partial charge in [-0.05, 0) is 6.07 Å². The lowest BCUT2D eigenvalue weighted by molar-refractivity contribution is -0.731. The van der Waals surface area contributed by atoms with Crippen LogP contribution in [0.4, 0.5) is 5.69 Å². The summed E-state index contributed by atoms with van der Waals surface area (Å²) >= 11 is 0. The van der Waals surface area contributed by atoms with Crippen LogP contribution in [-0.4, -0.2) is 18.5 Å². The minimum Gasteiger partial charge on any atom is -0.241 e. The van der Waals surface area contributed by atoms with Crippen molar-refractivity contribution in [1.29, 1.82) is 0 Å². The third-order valence-electron chi connectivity index (χ3n) is 1.33. The highest BCUT2D eigenvalue weighted by atomic mass is 35.7. The smallest absolute Gasteiger partial charge is 0.241 e. The van der Waals surface area contributed by atoms with E-state index in [9.17, 15) is 13.3 Å². The SMILES string of the molecule is O=[N+](O)c1ccccc1S(=O)(=O)Cl. The molecular formula is C6H5ClNO4S+. The molecule has 0 atom stereocenters. The zero-order chi connectivity index (χ0) is 10.1. The number of hydrogen-bond donors (Lipinski definition) is 1. The zero-order valence-electron chi connectivity index (χ0n) is 6.21. The van der Waals surface area contributed by atoms with Crippen molar-refractivity contribution in [3.8, 4) is 0 Å².